The monoisotopic (exact) mass is 214 g/mol. The van der Waals surface area contributed by atoms with Crippen LogP contribution in [0.4, 0.5) is 0 Å². The summed E-state index contributed by atoms with van der Waals surface area (Å²) in [5.74, 6) is -0.0462. The lowest BCUT2D eigenvalue weighted by molar-refractivity contribution is 0.0991. The number of carbonyl (C=O) groups is 1. The van der Waals surface area contributed by atoms with E-state index in [1.807, 2.05) is 19.1 Å². The van der Waals surface area contributed by atoms with Crippen molar-refractivity contribution < 1.29 is 4.79 Å². The van der Waals surface area contributed by atoms with E-state index in [2.05, 4.69) is 12.6 Å². The third-order valence-corrected chi connectivity index (χ3v) is 2.61. The Bertz CT molecular complexity index is 334. The Kier molecular flexibility index (Phi) is 3.40. The minimum Gasteiger partial charge on any atom is -0.293 e. The minimum atomic E-state index is -0.478. The van der Waals surface area contributed by atoms with Crippen LogP contribution in [-0.4, -0.2) is 11.2 Å². The highest BCUT2D eigenvalue weighted by atomic mass is 35.5. The lowest BCUT2D eigenvalue weighted by Crippen LogP contribution is -2.12. The molecule has 1 rings (SSSR count). The second-order valence-electron chi connectivity index (χ2n) is 2.93. The molecule has 70 valence electrons. The largest absolute Gasteiger partial charge is 0.293 e. The number of benzene rings is 1. The maximum atomic E-state index is 11.6. The molecule has 0 N–H and O–H groups in total. The fourth-order valence-electron chi connectivity index (χ4n) is 1.10. The summed E-state index contributed by atoms with van der Waals surface area (Å²) in [6, 6.07) is 5.44. The number of hydrogen-bond donors (Lipinski definition) is 1. The van der Waals surface area contributed by atoms with E-state index in [0.29, 0.717) is 5.56 Å². The van der Waals surface area contributed by atoms with Crippen LogP contribution >= 0.6 is 24.2 Å². The van der Waals surface area contributed by atoms with Crippen molar-refractivity contribution in [3.05, 3.63) is 29.3 Å². The van der Waals surface area contributed by atoms with E-state index in [-0.39, 0.29) is 5.78 Å². The SMILES string of the molecule is Cc1c(S)cccc1C(=O)C(C)Cl. The highest BCUT2D eigenvalue weighted by Crippen LogP contribution is 2.19. The molecule has 0 aliphatic heterocycles. The lowest BCUT2D eigenvalue weighted by atomic mass is 10.0. The molecule has 0 bridgehead atoms. The third kappa shape index (κ3) is 2.26. The number of rotatable bonds is 2. The molecule has 1 aromatic rings. The average Bonchev–Trinajstić information content (AvgIpc) is 2.08. The molecule has 0 spiro atoms. The van der Waals surface area contributed by atoms with Crippen molar-refractivity contribution >= 4 is 30.0 Å². The molecule has 0 heterocycles. The van der Waals surface area contributed by atoms with Gasteiger partial charge in [0.05, 0.1) is 5.38 Å². The highest BCUT2D eigenvalue weighted by molar-refractivity contribution is 7.80. The second-order valence-corrected chi connectivity index (χ2v) is 4.07. The van der Waals surface area contributed by atoms with Gasteiger partial charge in [-0.3, -0.25) is 4.79 Å². The van der Waals surface area contributed by atoms with E-state index in [1.165, 1.54) is 0 Å². The van der Waals surface area contributed by atoms with Crippen molar-refractivity contribution in [3.63, 3.8) is 0 Å². The van der Waals surface area contributed by atoms with E-state index >= 15 is 0 Å². The number of halogens is 1. The van der Waals surface area contributed by atoms with Gasteiger partial charge in [-0.1, -0.05) is 12.1 Å². The fraction of sp³-hybridized carbons (Fsp3) is 0.300. The Hall–Kier alpha value is -0.470. The van der Waals surface area contributed by atoms with Crippen molar-refractivity contribution in [3.8, 4) is 0 Å². The Morgan fingerprint density at radius 2 is 2.15 bits per heavy atom. The van der Waals surface area contributed by atoms with Crippen LogP contribution in [0, 0.1) is 6.92 Å². The van der Waals surface area contributed by atoms with Crippen LogP contribution in [0.15, 0.2) is 23.1 Å². The summed E-state index contributed by atoms with van der Waals surface area (Å²) in [6.07, 6.45) is 0. The van der Waals surface area contributed by atoms with Crippen molar-refractivity contribution in [2.75, 3.05) is 0 Å². The molecule has 1 nitrogen and oxygen atoms in total. The summed E-state index contributed by atoms with van der Waals surface area (Å²) < 4.78 is 0. The van der Waals surface area contributed by atoms with Gasteiger partial charge in [0.25, 0.3) is 0 Å². The molecule has 1 aromatic carbocycles. The zero-order chi connectivity index (χ0) is 10.0. The van der Waals surface area contributed by atoms with Crippen molar-refractivity contribution in [1.29, 1.82) is 0 Å². The van der Waals surface area contributed by atoms with E-state index < -0.39 is 5.38 Å². The summed E-state index contributed by atoms with van der Waals surface area (Å²) in [5, 5.41) is -0.478. The number of alkyl halides is 1. The predicted molar refractivity (Wildman–Crippen MR) is 58.1 cm³/mol. The maximum absolute atomic E-state index is 11.6. The van der Waals surface area contributed by atoms with Crippen LogP contribution in [-0.2, 0) is 0 Å². The standard InChI is InChI=1S/C10H11ClOS/c1-6-8(10(12)7(2)11)4-3-5-9(6)13/h3-5,7,13H,1-2H3. The quantitative estimate of drug-likeness (QED) is 0.455. The Balaban J connectivity index is 3.15. The van der Waals surface area contributed by atoms with E-state index in [0.717, 1.165) is 10.5 Å². The van der Waals surface area contributed by atoms with Gasteiger partial charge in [0.1, 0.15) is 0 Å². The zero-order valence-electron chi connectivity index (χ0n) is 7.54. The molecule has 0 aliphatic carbocycles. The first-order chi connectivity index (χ1) is 6.04. The van der Waals surface area contributed by atoms with Crippen molar-refractivity contribution in [2.24, 2.45) is 0 Å². The summed E-state index contributed by atoms with van der Waals surface area (Å²) in [4.78, 5) is 12.4. The molecule has 0 saturated carbocycles. The van der Waals surface area contributed by atoms with Crippen LogP contribution in [0.1, 0.15) is 22.8 Å². The van der Waals surface area contributed by atoms with Gasteiger partial charge in [-0.25, -0.2) is 0 Å². The molecule has 1 atom stereocenters. The number of carbonyl (C=O) groups excluding carboxylic acids is 1. The summed E-state index contributed by atoms with van der Waals surface area (Å²) >= 11 is 9.95. The maximum Gasteiger partial charge on any atom is 0.180 e. The molecule has 3 heteroatoms. The normalized spacial score (nSPS) is 12.6. The van der Waals surface area contributed by atoms with Gasteiger partial charge in [0, 0.05) is 10.5 Å². The Morgan fingerprint density at radius 1 is 1.54 bits per heavy atom. The molecule has 1 unspecified atom stereocenters. The predicted octanol–water partition coefficient (Wildman–Crippen LogP) is 3.09. The molecular weight excluding hydrogens is 204 g/mol. The van der Waals surface area contributed by atoms with Crippen LogP contribution in [0.25, 0.3) is 0 Å². The van der Waals surface area contributed by atoms with Crippen LogP contribution in [0.2, 0.25) is 0 Å². The summed E-state index contributed by atoms with van der Waals surface area (Å²) in [6.45, 7) is 3.54. The van der Waals surface area contributed by atoms with Gasteiger partial charge in [0.15, 0.2) is 5.78 Å². The van der Waals surface area contributed by atoms with Crippen LogP contribution < -0.4 is 0 Å². The molecule has 0 radical (unpaired) electrons. The minimum absolute atomic E-state index is 0.0462. The highest BCUT2D eigenvalue weighted by Gasteiger charge is 2.14. The molecular formula is C10H11ClOS. The van der Waals surface area contributed by atoms with Gasteiger partial charge >= 0.3 is 0 Å². The molecule has 0 saturated heterocycles. The molecule has 13 heavy (non-hydrogen) atoms. The molecule has 0 aliphatic rings. The van der Waals surface area contributed by atoms with Gasteiger partial charge in [-0.2, -0.15) is 0 Å². The van der Waals surface area contributed by atoms with Crippen LogP contribution in [0.5, 0.6) is 0 Å². The van der Waals surface area contributed by atoms with Crippen LogP contribution in [0.3, 0.4) is 0 Å². The second kappa shape index (κ2) is 4.16. The number of hydrogen-bond acceptors (Lipinski definition) is 2. The first-order valence-corrected chi connectivity index (χ1v) is 4.89. The average molecular weight is 215 g/mol. The first-order valence-electron chi connectivity index (χ1n) is 4.01. The Labute approximate surface area is 88.5 Å². The fourth-order valence-corrected chi connectivity index (χ4v) is 1.43. The van der Waals surface area contributed by atoms with Crippen molar-refractivity contribution in [1.82, 2.24) is 0 Å². The smallest absolute Gasteiger partial charge is 0.180 e. The molecule has 0 aromatic heterocycles. The van der Waals surface area contributed by atoms with E-state index in [9.17, 15) is 4.79 Å². The molecule has 0 amide bonds. The zero-order valence-corrected chi connectivity index (χ0v) is 9.19. The molecule has 0 fully saturated rings. The number of ketones is 1. The van der Waals surface area contributed by atoms with E-state index in [1.54, 1.807) is 13.0 Å². The number of thiol groups is 1. The van der Waals surface area contributed by atoms with Gasteiger partial charge in [-0.05, 0) is 25.5 Å². The Morgan fingerprint density at radius 3 is 2.69 bits per heavy atom. The topological polar surface area (TPSA) is 17.1 Å². The van der Waals surface area contributed by atoms with Gasteiger partial charge in [0.2, 0.25) is 0 Å². The lowest BCUT2D eigenvalue weighted by Gasteiger charge is -2.07. The van der Waals surface area contributed by atoms with Gasteiger partial charge < -0.3 is 0 Å². The van der Waals surface area contributed by atoms with E-state index in [4.69, 9.17) is 11.6 Å². The van der Waals surface area contributed by atoms with Gasteiger partial charge in [-0.15, -0.1) is 24.2 Å². The summed E-state index contributed by atoms with van der Waals surface area (Å²) in [5.41, 5.74) is 1.55. The third-order valence-electron chi connectivity index (χ3n) is 1.93. The number of Topliss-reactive ketones (excluding diaryl/α,β-unsaturated/α-hetero) is 1. The summed E-state index contributed by atoms with van der Waals surface area (Å²) in [7, 11) is 0. The first kappa shape index (κ1) is 10.6. The van der Waals surface area contributed by atoms with Crippen molar-refractivity contribution in [2.45, 2.75) is 24.1 Å².